The Morgan fingerprint density at radius 2 is 1.93 bits per heavy atom. The fraction of sp³-hybridized carbons (Fsp3) is 0.250. The molecule has 0 saturated carbocycles. The van der Waals surface area contributed by atoms with Gasteiger partial charge < -0.3 is 9.88 Å². The van der Waals surface area contributed by atoms with E-state index in [9.17, 15) is 9.59 Å². The maximum Gasteiger partial charge on any atom is 0.347 e. The maximum atomic E-state index is 13.0. The number of amides is 1. The van der Waals surface area contributed by atoms with Gasteiger partial charge in [0.25, 0.3) is 5.91 Å². The molecule has 1 fully saturated rings. The molecule has 0 radical (unpaired) electrons. The Kier molecular flexibility index (Phi) is 3.60. The third-order valence-electron chi connectivity index (χ3n) is 5.45. The summed E-state index contributed by atoms with van der Waals surface area (Å²) in [4.78, 5) is 30.0. The highest BCUT2D eigenvalue weighted by molar-refractivity contribution is 5.99. The molecular weight excluding hydrogens is 342 g/mol. The van der Waals surface area contributed by atoms with Crippen molar-refractivity contribution in [1.29, 1.82) is 0 Å². The quantitative estimate of drug-likeness (QED) is 0.575. The summed E-state index contributed by atoms with van der Waals surface area (Å²) < 4.78 is 1.37. The maximum absolute atomic E-state index is 13.0. The lowest BCUT2D eigenvalue weighted by molar-refractivity contribution is 0.0713. The number of hydrogen-bond acceptors (Lipinski definition) is 3. The number of pyridine rings is 1. The van der Waals surface area contributed by atoms with Gasteiger partial charge in [0.15, 0.2) is 5.65 Å². The summed E-state index contributed by atoms with van der Waals surface area (Å²) in [5.41, 5.74) is 2.90. The van der Waals surface area contributed by atoms with E-state index in [2.05, 4.69) is 33.4 Å². The van der Waals surface area contributed by atoms with Crippen LogP contribution in [0.1, 0.15) is 34.8 Å². The predicted molar refractivity (Wildman–Crippen MR) is 102 cm³/mol. The van der Waals surface area contributed by atoms with Gasteiger partial charge in [0.2, 0.25) is 0 Å². The summed E-state index contributed by atoms with van der Waals surface area (Å²) in [6.07, 6.45) is 3.43. The van der Waals surface area contributed by atoms with Crippen molar-refractivity contribution in [2.75, 3.05) is 13.1 Å². The molecular formula is C20H19N5O2. The van der Waals surface area contributed by atoms with Crippen LogP contribution in [0.4, 0.5) is 0 Å². The van der Waals surface area contributed by atoms with Crippen LogP contribution in [0.3, 0.4) is 0 Å². The van der Waals surface area contributed by atoms with Gasteiger partial charge >= 0.3 is 5.69 Å². The molecule has 0 aliphatic carbocycles. The molecule has 2 N–H and O–H groups in total. The number of benzene rings is 1. The smallest absolute Gasteiger partial charge is 0.347 e. The average Bonchev–Trinajstić information content (AvgIpc) is 3.31. The van der Waals surface area contributed by atoms with E-state index in [4.69, 9.17) is 0 Å². The van der Waals surface area contributed by atoms with Gasteiger partial charge in [0, 0.05) is 36.4 Å². The molecule has 7 nitrogen and oxygen atoms in total. The van der Waals surface area contributed by atoms with Crippen LogP contribution >= 0.6 is 0 Å². The van der Waals surface area contributed by atoms with E-state index in [1.807, 2.05) is 17.0 Å². The van der Waals surface area contributed by atoms with Crippen molar-refractivity contribution >= 4 is 22.5 Å². The molecule has 136 valence electrons. The normalized spacial score (nSPS) is 15.6. The Bertz CT molecular complexity index is 1160. The number of carbonyl (C=O) groups is 1. The summed E-state index contributed by atoms with van der Waals surface area (Å²) in [5, 5.41) is 7.62. The summed E-state index contributed by atoms with van der Waals surface area (Å²) in [5.74, 6) is 0.347. The molecule has 4 heterocycles. The van der Waals surface area contributed by atoms with Gasteiger partial charge in [-0.25, -0.2) is 14.3 Å². The van der Waals surface area contributed by atoms with Crippen molar-refractivity contribution in [1.82, 2.24) is 24.5 Å². The number of rotatable bonds is 2. The molecule has 0 spiro atoms. The number of carbonyl (C=O) groups excluding carboxylic acids is 1. The molecule has 1 aliphatic rings. The zero-order valence-electron chi connectivity index (χ0n) is 14.7. The van der Waals surface area contributed by atoms with Crippen molar-refractivity contribution in [2.24, 2.45) is 0 Å². The molecule has 1 saturated heterocycles. The Labute approximate surface area is 154 Å². The number of hydrogen-bond donors (Lipinski definition) is 2. The average molecular weight is 361 g/mol. The molecule has 7 heteroatoms. The standard InChI is InChI=1S/C20H19N5O2/c26-19(15-5-3-9-25-18(15)22-23-20(25)27)24-10-7-13(8-11-24)17-12-14-4-1-2-6-16(14)21-17/h1-6,9,12-13,21H,7-8,10-11H2,(H,23,27). The first-order chi connectivity index (χ1) is 13.2. The van der Waals surface area contributed by atoms with Gasteiger partial charge in [0.1, 0.15) is 0 Å². The predicted octanol–water partition coefficient (Wildman–Crippen LogP) is 2.52. The summed E-state index contributed by atoms with van der Waals surface area (Å²) in [7, 11) is 0. The molecule has 0 bridgehead atoms. The van der Waals surface area contributed by atoms with Crippen LogP contribution in [0, 0.1) is 0 Å². The van der Waals surface area contributed by atoms with Crippen molar-refractivity contribution in [3.8, 4) is 0 Å². The van der Waals surface area contributed by atoms with Crippen LogP contribution in [0.15, 0.2) is 53.5 Å². The fourth-order valence-corrected chi connectivity index (χ4v) is 3.98. The molecule has 1 amide bonds. The highest BCUT2D eigenvalue weighted by Crippen LogP contribution is 2.30. The van der Waals surface area contributed by atoms with Gasteiger partial charge in [-0.1, -0.05) is 18.2 Å². The first kappa shape index (κ1) is 15.9. The molecule has 0 atom stereocenters. The second kappa shape index (κ2) is 6.12. The number of aromatic nitrogens is 4. The van der Waals surface area contributed by atoms with Crippen molar-refractivity contribution in [2.45, 2.75) is 18.8 Å². The number of likely N-dealkylation sites (tertiary alicyclic amines) is 1. The number of H-pyrrole nitrogens is 2. The van der Waals surface area contributed by atoms with Crippen LogP contribution in [-0.4, -0.2) is 43.5 Å². The van der Waals surface area contributed by atoms with E-state index in [1.54, 1.807) is 18.3 Å². The minimum absolute atomic E-state index is 0.0744. The zero-order chi connectivity index (χ0) is 18.4. The summed E-state index contributed by atoms with van der Waals surface area (Å²) >= 11 is 0. The second-order valence-corrected chi connectivity index (χ2v) is 7.02. The van der Waals surface area contributed by atoms with Crippen molar-refractivity contribution < 1.29 is 4.79 Å². The number of fused-ring (bicyclic) bond motifs is 2. The molecule has 1 aromatic carbocycles. The van der Waals surface area contributed by atoms with E-state index in [0.717, 1.165) is 18.4 Å². The topological polar surface area (TPSA) is 86.3 Å². The fourth-order valence-electron chi connectivity index (χ4n) is 3.98. The second-order valence-electron chi connectivity index (χ2n) is 7.02. The van der Waals surface area contributed by atoms with Crippen LogP contribution in [-0.2, 0) is 0 Å². The Balaban J connectivity index is 1.35. The molecule has 27 heavy (non-hydrogen) atoms. The Morgan fingerprint density at radius 3 is 2.74 bits per heavy atom. The first-order valence-corrected chi connectivity index (χ1v) is 9.13. The van der Waals surface area contributed by atoms with Crippen molar-refractivity contribution in [3.05, 3.63) is 70.4 Å². The molecule has 1 aliphatic heterocycles. The van der Waals surface area contributed by atoms with Crippen LogP contribution < -0.4 is 5.69 Å². The minimum atomic E-state index is -0.336. The van der Waals surface area contributed by atoms with Crippen LogP contribution in [0.25, 0.3) is 16.6 Å². The van der Waals surface area contributed by atoms with Crippen LogP contribution in [0.2, 0.25) is 0 Å². The SMILES string of the molecule is O=C(c1cccn2c(=O)[nH]nc12)N1CCC(c2cc3ccccc3[nH]2)CC1. The minimum Gasteiger partial charge on any atom is -0.358 e. The molecule has 0 unspecified atom stereocenters. The van der Waals surface area contributed by atoms with E-state index in [0.29, 0.717) is 30.2 Å². The Hall–Kier alpha value is -3.35. The van der Waals surface area contributed by atoms with E-state index >= 15 is 0 Å². The first-order valence-electron chi connectivity index (χ1n) is 9.13. The molecule has 4 aromatic rings. The number of nitrogens with one attached hydrogen (secondary N) is 2. The van der Waals surface area contributed by atoms with E-state index in [1.165, 1.54) is 15.5 Å². The monoisotopic (exact) mass is 361 g/mol. The Morgan fingerprint density at radius 1 is 1.11 bits per heavy atom. The zero-order valence-corrected chi connectivity index (χ0v) is 14.7. The highest BCUT2D eigenvalue weighted by atomic mass is 16.2. The molecule has 5 rings (SSSR count). The lowest BCUT2D eigenvalue weighted by atomic mass is 9.93. The van der Waals surface area contributed by atoms with Crippen LogP contribution in [0.5, 0.6) is 0 Å². The molecule has 3 aromatic heterocycles. The number of para-hydroxylation sites is 1. The van der Waals surface area contributed by atoms with Gasteiger partial charge in [-0.05, 0) is 42.5 Å². The third-order valence-corrected chi connectivity index (χ3v) is 5.45. The van der Waals surface area contributed by atoms with Gasteiger partial charge in [-0.15, -0.1) is 0 Å². The van der Waals surface area contributed by atoms with Gasteiger partial charge in [0.05, 0.1) is 5.56 Å². The number of nitrogens with zero attached hydrogens (tertiary/aromatic N) is 3. The van der Waals surface area contributed by atoms with E-state index < -0.39 is 0 Å². The highest BCUT2D eigenvalue weighted by Gasteiger charge is 2.27. The summed E-state index contributed by atoms with van der Waals surface area (Å²) in [6, 6.07) is 13.9. The summed E-state index contributed by atoms with van der Waals surface area (Å²) in [6.45, 7) is 1.38. The lowest BCUT2D eigenvalue weighted by Crippen LogP contribution is -2.38. The van der Waals surface area contributed by atoms with Gasteiger partial charge in [-0.2, -0.15) is 5.10 Å². The number of piperidine rings is 1. The lowest BCUT2D eigenvalue weighted by Gasteiger charge is -2.31. The van der Waals surface area contributed by atoms with Gasteiger partial charge in [-0.3, -0.25) is 4.79 Å². The largest absolute Gasteiger partial charge is 0.358 e. The third kappa shape index (κ3) is 2.63. The number of aromatic amines is 2. The van der Waals surface area contributed by atoms with E-state index in [-0.39, 0.29) is 11.6 Å². The van der Waals surface area contributed by atoms with Crippen molar-refractivity contribution in [3.63, 3.8) is 0 Å².